The minimum atomic E-state index is 0.752. The number of carbonyl (C=O) groups is 1. The maximum Gasteiger partial charge on any atom is 0.151 e. The summed E-state index contributed by atoms with van der Waals surface area (Å²) in [6.45, 7) is 1.95. The molecule has 2 aromatic rings. The van der Waals surface area contributed by atoms with E-state index >= 15 is 0 Å². The highest BCUT2D eigenvalue weighted by Gasteiger charge is 2.11. The van der Waals surface area contributed by atoms with Crippen molar-refractivity contribution in [2.45, 2.75) is 6.92 Å². The van der Waals surface area contributed by atoms with Crippen LogP contribution < -0.4 is 4.74 Å². The second kappa shape index (κ2) is 3.42. The van der Waals surface area contributed by atoms with Gasteiger partial charge in [0.1, 0.15) is 5.75 Å². The van der Waals surface area contributed by atoms with E-state index in [9.17, 15) is 4.79 Å². The highest BCUT2D eigenvalue weighted by atomic mass is 32.1. The number of aryl methyl sites for hydroxylation is 1. The Morgan fingerprint density at radius 3 is 2.86 bits per heavy atom. The Morgan fingerprint density at radius 2 is 2.21 bits per heavy atom. The van der Waals surface area contributed by atoms with Crippen LogP contribution in [0, 0.1) is 6.92 Å². The normalized spacial score (nSPS) is 10.4. The summed E-state index contributed by atoms with van der Waals surface area (Å²) in [4.78, 5) is 12.0. The number of benzene rings is 1. The zero-order chi connectivity index (χ0) is 10.1. The van der Waals surface area contributed by atoms with Crippen LogP contribution in [0.25, 0.3) is 10.1 Å². The van der Waals surface area contributed by atoms with Gasteiger partial charge in [-0.25, -0.2) is 0 Å². The number of methoxy groups -OCH3 is 1. The van der Waals surface area contributed by atoms with E-state index in [4.69, 9.17) is 4.74 Å². The van der Waals surface area contributed by atoms with Gasteiger partial charge in [-0.1, -0.05) is 6.07 Å². The third-order valence-electron chi connectivity index (χ3n) is 2.24. The smallest absolute Gasteiger partial charge is 0.151 e. The lowest BCUT2D eigenvalue weighted by molar-refractivity contribution is 0.112. The fourth-order valence-corrected chi connectivity index (χ4v) is 2.62. The van der Waals surface area contributed by atoms with E-state index in [-0.39, 0.29) is 0 Å². The molecule has 0 atom stereocenters. The predicted molar refractivity (Wildman–Crippen MR) is 58.5 cm³/mol. The van der Waals surface area contributed by atoms with Gasteiger partial charge in [-0.2, -0.15) is 0 Å². The molecule has 3 heteroatoms. The first-order valence-corrected chi connectivity index (χ1v) is 5.11. The Kier molecular flexibility index (Phi) is 2.25. The Morgan fingerprint density at radius 1 is 1.43 bits per heavy atom. The molecule has 0 spiro atoms. The minimum absolute atomic E-state index is 0.752. The van der Waals surface area contributed by atoms with Crippen molar-refractivity contribution in [3.8, 4) is 5.75 Å². The molecule has 1 aromatic carbocycles. The Balaban J connectivity index is 2.89. The second-order valence-corrected chi connectivity index (χ2v) is 4.28. The minimum Gasteiger partial charge on any atom is -0.496 e. The third-order valence-corrected chi connectivity index (χ3v) is 3.32. The van der Waals surface area contributed by atoms with Gasteiger partial charge in [0.2, 0.25) is 0 Å². The largest absolute Gasteiger partial charge is 0.496 e. The summed E-state index contributed by atoms with van der Waals surface area (Å²) in [5.74, 6) is 0.772. The number of rotatable bonds is 2. The van der Waals surface area contributed by atoms with Crippen LogP contribution in [0.2, 0.25) is 0 Å². The van der Waals surface area contributed by atoms with Crippen LogP contribution in [-0.2, 0) is 0 Å². The number of fused-ring (bicyclic) bond motifs is 1. The van der Waals surface area contributed by atoms with Crippen molar-refractivity contribution in [2.75, 3.05) is 7.11 Å². The molecule has 0 aliphatic rings. The van der Waals surface area contributed by atoms with Gasteiger partial charge in [-0.15, -0.1) is 11.3 Å². The molecule has 0 bridgehead atoms. The number of hydrogen-bond acceptors (Lipinski definition) is 3. The number of ether oxygens (including phenoxy) is 1. The van der Waals surface area contributed by atoms with Crippen molar-refractivity contribution in [1.29, 1.82) is 0 Å². The van der Waals surface area contributed by atoms with Gasteiger partial charge in [0.05, 0.1) is 7.11 Å². The van der Waals surface area contributed by atoms with Gasteiger partial charge in [0, 0.05) is 20.5 Å². The Labute approximate surface area is 86.1 Å². The molecular formula is C11H10O2S. The maximum absolute atomic E-state index is 10.9. The molecule has 1 heterocycles. The fraction of sp³-hybridized carbons (Fsp3) is 0.182. The summed E-state index contributed by atoms with van der Waals surface area (Å²) in [5, 5.41) is 0.938. The van der Waals surface area contributed by atoms with Crippen LogP contribution in [0.5, 0.6) is 5.75 Å². The first-order valence-electron chi connectivity index (χ1n) is 4.29. The van der Waals surface area contributed by atoms with Gasteiger partial charge in [-0.3, -0.25) is 4.79 Å². The molecule has 72 valence electrons. The molecule has 2 rings (SSSR count). The Hall–Kier alpha value is -1.35. The summed E-state index contributed by atoms with van der Waals surface area (Å²) < 4.78 is 6.33. The van der Waals surface area contributed by atoms with Crippen molar-refractivity contribution >= 4 is 27.7 Å². The first-order chi connectivity index (χ1) is 6.77. The number of aldehydes is 1. The molecule has 2 nitrogen and oxygen atoms in total. The summed E-state index contributed by atoms with van der Waals surface area (Å²) >= 11 is 1.62. The highest BCUT2D eigenvalue weighted by molar-refractivity contribution is 7.19. The maximum atomic E-state index is 10.9. The standard InChI is InChI=1S/C11H10O2S/c1-7-8(6-12)11-9(13-2)4-3-5-10(11)14-7/h3-6H,1-2H3. The van der Waals surface area contributed by atoms with Gasteiger partial charge in [0.25, 0.3) is 0 Å². The Bertz CT molecular complexity index is 485. The monoisotopic (exact) mass is 206 g/mol. The molecule has 0 saturated heterocycles. The topological polar surface area (TPSA) is 26.3 Å². The van der Waals surface area contributed by atoms with Crippen LogP contribution in [-0.4, -0.2) is 13.4 Å². The van der Waals surface area contributed by atoms with Crippen molar-refractivity contribution < 1.29 is 9.53 Å². The van der Waals surface area contributed by atoms with E-state index in [1.807, 2.05) is 25.1 Å². The lowest BCUT2D eigenvalue weighted by Crippen LogP contribution is -1.86. The molecule has 1 aromatic heterocycles. The van der Waals surface area contributed by atoms with Crippen LogP contribution in [0.4, 0.5) is 0 Å². The van der Waals surface area contributed by atoms with Gasteiger partial charge in [0.15, 0.2) is 6.29 Å². The van der Waals surface area contributed by atoms with Crippen LogP contribution >= 0.6 is 11.3 Å². The average Bonchev–Trinajstić information content (AvgIpc) is 2.52. The average molecular weight is 206 g/mol. The van der Waals surface area contributed by atoms with Crippen molar-refractivity contribution in [3.05, 3.63) is 28.6 Å². The fourth-order valence-electron chi connectivity index (χ4n) is 1.57. The van der Waals surface area contributed by atoms with E-state index in [0.29, 0.717) is 0 Å². The quantitative estimate of drug-likeness (QED) is 0.706. The molecule has 14 heavy (non-hydrogen) atoms. The summed E-state index contributed by atoms with van der Waals surface area (Å²) in [6, 6.07) is 5.82. The number of carbonyl (C=O) groups excluding carboxylic acids is 1. The summed E-state index contributed by atoms with van der Waals surface area (Å²) in [7, 11) is 1.62. The molecule has 0 radical (unpaired) electrons. The molecule has 0 unspecified atom stereocenters. The van der Waals surface area contributed by atoms with E-state index in [1.165, 1.54) is 0 Å². The van der Waals surface area contributed by atoms with Crippen molar-refractivity contribution in [3.63, 3.8) is 0 Å². The second-order valence-electron chi connectivity index (χ2n) is 3.02. The molecule has 0 amide bonds. The van der Waals surface area contributed by atoms with Gasteiger partial charge < -0.3 is 4.74 Å². The van der Waals surface area contributed by atoms with Crippen LogP contribution in [0.1, 0.15) is 15.2 Å². The highest BCUT2D eigenvalue weighted by Crippen LogP contribution is 2.35. The summed E-state index contributed by atoms with van der Waals surface area (Å²) in [6.07, 6.45) is 0.899. The molecule has 0 N–H and O–H groups in total. The SMILES string of the molecule is COc1cccc2sc(C)c(C=O)c12. The van der Waals surface area contributed by atoms with Gasteiger partial charge >= 0.3 is 0 Å². The van der Waals surface area contributed by atoms with Crippen molar-refractivity contribution in [2.24, 2.45) is 0 Å². The first kappa shape index (κ1) is 9.21. The molecule has 0 aliphatic carbocycles. The zero-order valence-corrected chi connectivity index (χ0v) is 8.85. The van der Waals surface area contributed by atoms with E-state index in [0.717, 1.165) is 32.6 Å². The van der Waals surface area contributed by atoms with Crippen molar-refractivity contribution in [1.82, 2.24) is 0 Å². The molecule has 0 saturated carbocycles. The third kappa shape index (κ3) is 1.21. The lowest BCUT2D eigenvalue weighted by atomic mass is 10.1. The van der Waals surface area contributed by atoms with E-state index in [1.54, 1.807) is 18.4 Å². The van der Waals surface area contributed by atoms with E-state index in [2.05, 4.69) is 0 Å². The molecular weight excluding hydrogens is 196 g/mol. The zero-order valence-electron chi connectivity index (χ0n) is 8.03. The van der Waals surface area contributed by atoms with E-state index < -0.39 is 0 Å². The van der Waals surface area contributed by atoms with Crippen LogP contribution in [0.15, 0.2) is 18.2 Å². The number of thiophene rings is 1. The lowest BCUT2D eigenvalue weighted by Gasteiger charge is -2.01. The number of hydrogen-bond donors (Lipinski definition) is 0. The molecule has 0 aliphatic heterocycles. The molecule has 0 fully saturated rings. The van der Waals surface area contributed by atoms with Crippen LogP contribution in [0.3, 0.4) is 0 Å². The summed E-state index contributed by atoms with van der Waals surface area (Å²) in [5.41, 5.74) is 0.752. The predicted octanol–water partition coefficient (Wildman–Crippen LogP) is 3.03. The van der Waals surface area contributed by atoms with Gasteiger partial charge in [-0.05, 0) is 19.1 Å².